The second-order valence-electron chi connectivity index (χ2n) is 5.87. The Morgan fingerprint density at radius 3 is 2.47 bits per heavy atom. The van der Waals surface area contributed by atoms with Gasteiger partial charge in [0.15, 0.2) is 0 Å². The predicted octanol–water partition coefficient (Wildman–Crippen LogP) is 4.68. The van der Waals surface area contributed by atoms with E-state index in [4.69, 9.17) is 0 Å². The van der Waals surface area contributed by atoms with Gasteiger partial charge in [0, 0.05) is 16.6 Å². The summed E-state index contributed by atoms with van der Waals surface area (Å²) in [5, 5.41) is 3.79. The molecule has 1 N–H and O–H groups in total. The average molecular weight is 296 g/mol. The molecule has 0 saturated heterocycles. The summed E-state index contributed by atoms with van der Waals surface area (Å²) in [7, 11) is 0. The molecule has 0 amide bonds. The highest BCUT2D eigenvalue weighted by Crippen LogP contribution is 2.38. The third-order valence-corrected chi connectivity index (χ3v) is 4.61. The zero-order chi connectivity index (χ0) is 12.5. The van der Waals surface area contributed by atoms with Crippen molar-refractivity contribution >= 4 is 15.9 Å². The van der Waals surface area contributed by atoms with Crippen molar-refractivity contribution in [1.29, 1.82) is 0 Å². The third-order valence-electron chi connectivity index (χ3n) is 4.08. The summed E-state index contributed by atoms with van der Waals surface area (Å²) in [6.45, 7) is 7.02. The fourth-order valence-corrected chi connectivity index (χ4v) is 3.05. The number of hydrogen-bond donors (Lipinski definition) is 1. The van der Waals surface area contributed by atoms with Crippen LogP contribution in [-0.2, 0) is 0 Å². The van der Waals surface area contributed by atoms with Crippen LogP contribution in [0.3, 0.4) is 0 Å². The molecule has 2 heteroatoms. The first-order valence-electron chi connectivity index (χ1n) is 6.50. The van der Waals surface area contributed by atoms with Crippen LogP contribution in [0.4, 0.5) is 0 Å². The van der Waals surface area contributed by atoms with Crippen LogP contribution in [0.25, 0.3) is 0 Å². The van der Waals surface area contributed by atoms with Crippen LogP contribution < -0.4 is 5.32 Å². The molecule has 1 aliphatic carbocycles. The minimum absolute atomic E-state index is 0.436. The van der Waals surface area contributed by atoms with Gasteiger partial charge < -0.3 is 5.32 Å². The van der Waals surface area contributed by atoms with Crippen molar-refractivity contribution in [3.05, 3.63) is 34.3 Å². The molecule has 0 spiro atoms. The smallest absolute Gasteiger partial charge is 0.0294 e. The Morgan fingerprint density at radius 2 is 1.94 bits per heavy atom. The van der Waals surface area contributed by atoms with E-state index in [1.165, 1.54) is 24.8 Å². The first kappa shape index (κ1) is 13.1. The van der Waals surface area contributed by atoms with Crippen molar-refractivity contribution < 1.29 is 0 Å². The molecule has 0 aliphatic heterocycles. The van der Waals surface area contributed by atoms with Crippen LogP contribution in [0.1, 0.15) is 51.6 Å². The molecule has 1 unspecified atom stereocenters. The maximum Gasteiger partial charge on any atom is 0.0294 e. The van der Waals surface area contributed by atoms with Gasteiger partial charge in [-0.1, -0.05) is 48.3 Å². The fourth-order valence-electron chi connectivity index (χ4n) is 2.79. The Morgan fingerprint density at radius 1 is 1.29 bits per heavy atom. The minimum Gasteiger partial charge on any atom is -0.307 e. The van der Waals surface area contributed by atoms with Gasteiger partial charge in [0.05, 0.1) is 0 Å². The Hall–Kier alpha value is -0.340. The van der Waals surface area contributed by atoms with Crippen molar-refractivity contribution in [2.75, 3.05) is 0 Å². The van der Waals surface area contributed by atoms with Crippen LogP contribution in [0.5, 0.6) is 0 Å². The molecule has 2 rings (SSSR count). The highest BCUT2D eigenvalue weighted by Gasteiger charge is 2.34. The van der Waals surface area contributed by atoms with Gasteiger partial charge in [0.25, 0.3) is 0 Å². The normalized spacial score (nSPS) is 24.8. The molecule has 1 fully saturated rings. The Labute approximate surface area is 113 Å². The van der Waals surface area contributed by atoms with E-state index in [-0.39, 0.29) is 0 Å². The summed E-state index contributed by atoms with van der Waals surface area (Å²) >= 11 is 3.48. The number of benzene rings is 1. The van der Waals surface area contributed by atoms with Gasteiger partial charge in [-0.05, 0) is 42.9 Å². The lowest BCUT2D eigenvalue weighted by Gasteiger charge is -2.31. The van der Waals surface area contributed by atoms with E-state index in [1.54, 1.807) is 0 Å². The number of nitrogens with one attached hydrogen (secondary N) is 1. The maximum atomic E-state index is 3.79. The number of rotatable bonds is 3. The molecule has 2 atom stereocenters. The molecular formula is C15H22BrN. The molecule has 0 heterocycles. The van der Waals surface area contributed by atoms with E-state index in [2.05, 4.69) is 66.3 Å². The van der Waals surface area contributed by atoms with Crippen molar-refractivity contribution in [3.63, 3.8) is 0 Å². The van der Waals surface area contributed by atoms with Gasteiger partial charge >= 0.3 is 0 Å². The predicted molar refractivity (Wildman–Crippen MR) is 77.1 cm³/mol. The standard InChI is InChI=1S/C15H22BrN/c1-11(12-6-8-13(16)9-7-12)17-14-5-4-10-15(14,2)3/h6-9,11,14,17H,4-5,10H2,1-3H3/t11-,14?/m0/s1. The van der Waals surface area contributed by atoms with Crippen molar-refractivity contribution in [3.8, 4) is 0 Å². The molecule has 0 bridgehead atoms. The summed E-state index contributed by atoms with van der Waals surface area (Å²) < 4.78 is 1.15. The summed E-state index contributed by atoms with van der Waals surface area (Å²) in [4.78, 5) is 0. The van der Waals surface area contributed by atoms with E-state index in [0.717, 1.165) is 4.47 Å². The van der Waals surface area contributed by atoms with Crippen LogP contribution in [0.15, 0.2) is 28.7 Å². The quantitative estimate of drug-likeness (QED) is 0.854. The molecule has 17 heavy (non-hydrogen) atoms. The summed E-state index contributed by atoms with van der Waals surface area (Å²) in [5.74, 6) is 0. The summed E-state index contributed by atoms with van der Waals surface area (Å²) in [5.41, 5.74) is 1.82. The molecule has 0 aromatic heterocycles. The minimum atomic E-state index is 0.436. The summed E-state index contributed by atoms with van der Waals surface area (Å²) in [6, 6.07) is 9.72. The molecule has 1 aromatic rings. The molecule has 0 radical (unpaired) electrons. The van der Waals surface area contributed by atoms with E-state index >= 15 is 0 Å². The third kappa shape index (κ3) is 3.11. The molecule has 1 aliphatic rings. The van der Waals surface area contributed by atoms with E-state index < -0.39 is 0 Å². The van der Waals surface area contributed by atoms with Gasteiger partial charge in [-0.15, -0.1) is 0 Å². The highest BCUT2D eigenvalue weighted by atomic mass is 79.9. The zero-order valence-electron chi connectivity index (χ0n) is 11.0. The van der Waals surface area contributed by atoms with Crippen LogP contribution in [0, 0.1) is 5.41 Å². The summed E-state index contributed by atoms with van der Waals surface area (Å²) in [6.07, 6.45) is 4.02. The largest absolute Gasteiger partial charge is 0.307 e. The van der Waals surface area contributed by atoms with Gasteiger partial charge in [-0.25, -0.2) is 0 Å². The lowest BCUT2D eigenvalue weighted by atomic mass is 9.86. The first-order valence-corrected chi connectivity index (χ1v) is 7.30. The Balaban J connectivity index is 2.01. The lowest BCUT2D eigenvalue weighted by molar-refractivity contribution is 0.266. The molecule has 94 valence electrons. The maximum absolute atomic E-state index is 3.79. The topological polar surface area (TPSA) is 12.0 Å². The Kier molecular flexibility index (Phi) is 3.94. The van der Waals surface area contributed by atoms with E-state index in [1.807, 2.05) is 0 Å². The van der Waals surface area contributed by atoms with Gasteiger partial charge in [0.2, 0.25) is 0 Å². The first-order chi connectivity index (χ1) is 7.99. The van der Waals surface area contributed by atoms with E-state index in [0.29, 0.717) is 17.5 Å². The number of halogens is 1. The molecule has 1 nitrogen and oxygen atoms in total. The number of hydrogen-bond acceptors (Lipinski definition) is 1. The zero-order valence-corrected chi connectivity index (χ0v) is 12.5. The van der Waals surface area contributed by atoms with E-state index in [9.17, 15) is 0 Å². The fraction of sp³-hybridized carbons (Fsp3) is 0.600. The van der Waals surface area contributed by atoms with Crippen molar-refractivity contribution in [2.45, 2.75) is 52.1 Å². The second-order valence-corrected chi connectivity index (χ2v) is 6.79. The lowest BCUT2D eigenvalue weighted by Crippen LogP contribution is -2.39. The van der Waals surface area contributed by atoms with Crippen LogP contribution >= 0.6 is 15.9 Å². The van der Waals surface area contributed by atoms with Crippen molar-refractivity contribution in [2.24, 2.45) is 5.41 Å². The Bertz CT molecular complexity index is 369. The average Bonchev–Trinajstić information content (AvgIpc) is 2.59. The monoisotopic (exact) mass is 295 g/mol. The van der Waals surface area contributed by atoms with Gasteiger partial charge in [0.1, 0.15) is 0 Å². The van der Waals surface area contributed by atoms with Crippen LogP contribution in [-0.4, -0.2) is 6.04 Å². The molecular weight excluding hydrogens is 274 g/mol. The van der Waals surface area contributed by atoms with Gasteiger partial charge in [-0.3, -0.25) is 0 Å². The molecule has 1 aromatic carbocycles. The van der Waals surface area contributed by atoms with Crippen molar-refractivity contribution in [1.82, 2.24) is 5.32 Å². The van der Waals surface area contributed by atoms with Gasteiger partial charge in [-0.2, -0.15) is 0 Å². The second kappa shape index (κ2) is 5.11. The van der Waals surface area contributed by atoms with Crippen LogP contribution in [0.2, 0.25) is 0 Å². The SMILES string of the molecule is C[C@H](NC1CCCC1(C)C)c1ccc(Br)cc1. The highest BCUT2D eigenvalue weighted by molar-refractivity contribution is 9.10. The molecule has 1 saturated carbocycles.